The maximum Gasteiger partial charge on any atom is 0.253 e. The van der Waals surface area contributed by atoms with Crippen molar-refractivity contribution in [3.05, 3.63) is 56.0 Å². The number of halogens is 1. The molecule has 2 heterocycles. The first kappa shape index (κ1) is 18.3. The van der Waals surface area contributed by atoms with Crippen LogP contribution in [-0.4, -0.2) is 24.1 Å². The van der Waals surface area contributed by atoms with Crippen LogP contribution in [0.15, 0.2) is 23.0 Å². The lowest BCUT2D eigenvalue weighted by atomic mass is 10.1. The summed E-state index contributed by atoms with van der Waals surface area (Å²) < 4.78 is 11.2. The van der Waals surface area contributed by atoms with E-state index in [1.54, 1.807) is 12.1 Å². The monoisotopic (exact) mass is 376 g/mol. The molecule has 1 aromatic carbocycles. The Labute approximate surface area is 156 Å². The van der Waals surface area contributed by atoms with E-state index in [0.29, 0.717) is 35.3 Å². The summed E-state index contributed by atoms with van der Waals surface area (Å²) in [5, 5.41) is 3.22. The van der Waals surface area contributed by atoms with E-state index in [1.807, 2.05) is 19.9 Å². The van der Waals surface area contributed by atoms with Gasteiger partial charge in [-0.25, -0.2) is 0 Å². The lowest BCUT2D eigenvalue weighted by Crippen LogP contribution is -2.29. The van der Waals surface area contributed by atoms with E-state index in [9.17, 15) is 9.59 Å². The van der Waals surface area contributed by atoms with Crippen LogP contribution in [0.2, 0.25) is 5.02 Å². The van der Waals surface area contributed by atoms with E-state index in [1.165, 1.54) is 0 Å². The van der Waals surface area contributed by atoms with Crippen LogP contribution in [0, 0.1) is 13.8 Å². The highest BCUT2D eigenvalue weighted by atomic mass is 35.5. The third-order valence-electron chi connectivity index (χ3n) is 4.18. The predicted molar refractivity (Wildman–Crippen MR) is 99.1 cm³/mol. The van der Waals surface area contributed by atoms with Crippen LogP contribution in [0.5, 0.6) is 11.5 Å². The van der Waals surface area contributed by atoms with Gasteiger partial charge in [0.25, 0.3) is 5.56 Å². The molecule has 2 aromatic rings. The lowest BCUT2D eigenvalue weighted by Gasteiger charge is -2.12. The summed E-state index contributed by atoms with van der Waals surface area (Å²) in [6.07, 6.45) is 0.921. The number of carbonyl (C=O) groups is 1. The van der Waals surface area contributed by atoms with Crippen LogP contribution in [0.25, 0.3) is 0 Å². The van der Waals surface area contributed by atoms with Gasteiger partial charge in [0.2, 0.25) is 5.91 Å². The molecule has 2 N–H and O–H groups in total. The fourth-order valence-electron chi connectivity index (χ4n) is 2.92. The number of pyridine rings is 1. The van der Waals surface area contributed by atoms with Crippen molar-refractivity contribution in [1.82, 2.24) is 10.3 Å². The van der Waals surface area contributed by atoms with E-state index in [2.05, 4.69) is 10.3 Å². The minimum atomic E-state index is -0.199. The number of aryl methyl sites for hydroxylation is 2. The number of fused-ring (bicyclic) bond motifs is 1. The molecular formula is C19H21ClN2O4. The van der Waals surface area contributed by atoms with Gasteiger partial charge in [0.05, 0.1) is 24.7 Å². The molecular weight excluding hydrogens is 356 g/mol. The molecule has 0 spiro atoms. The summed E-state index contributed by atoms with van der Waals surface area (Å²) in [4.78, 5) is 27.0. The highest BCUT2D eigenvalue weighted by molar-refractivity contribution is 6.32. The molecule has 26 heavy (non-hydrogen) atoms. The van der Waals surface area contributed by atoms with Gasteiger partial charge >= 0.3 is 0 Å². The first-order valence-corrected chi connectivity index (χ1v) is 8.86. The van der Waals surface area contributed by atoms with Crippen molar-refractivity contribution in [3.63, 3.8) is 0 Å². The summed E-state index contributed by atoms with van der Waals surface area (Å²) in [6, 6.07) is 5.36. The van der Waals surface area contributed by atoms with Crippen LogP contribution in [0.3, 0.4) is 0 Å². The molecule has 3 rings (SSSR count). The van der Waals surface area contributed by atoms with Crippen molar-refractivity contribution >= 4 is 17.5 Å². The topological polar surface area (TPSA) is 80.4 Å². The molecule has 1 aliphatic rings. The maximum atomic E-state index is 12.3. The van der Waals surface area contributed by atoms with Gasteiger partial charge in [0.15, 0.2) is 11.5 Å². The third kappa shape index (κ3) is 4.19. The zero-order valence-electron chi connectivity index (χ0n) is 14.8. The molecule has 0 aliphatic carbocycles. The number of amides is 1. The van der Waals surface area contributed by atoms with Crippen molar-refractivity contribution in [2.45, 2.75) is 33.2 Å². The highest BCUT2D eigenvalue weighted by Gasteiger charge is 2.17. The number of aromatic nitrogens is 1. The summed E-state index contributed by atoms with van der Waals surface area (Å²) in [5.41, 5.74) is 2.75. The SMILES string of the molecule is Cc1cc(C)c(CNC(=O)Cc2cc(Cl)c3c(c2)OCCCO3)c(=O)[nH]1. The van der Waals surface area contributed by atoms with Crippen LogP contribution < -0.4 is 20.3 Å². The summed E-state index contributed by atoms with van der Waals surface area (Å²) in [6.45, 7) is 4.96. The molecule has 0 fully saturated rings. The molecule has 0 saturated carbocycles. The standard InChI is InChI=1S/C19H21ClN2O4/c1-11-6-12(2)22-19(24)14(11)10-21-17(23)9-13-7-15(20)18-16(8-13)25-4-3-5-26-18/h6-8H,3-5,9-10H2,1-2H3,(H,21,23)(H,22,24). The number of nitrogens with one attached hydrogen (secondary N) is 2. The van der Waals surface area contributed by atoms with Crippen molar-refractivity contribution in [1.29, 1.82) is 0 Å². The Morgan fingerprint density at radius 2 is 2.00 bits per heavy atom. The normalized spacial score (nSPS) is 13.2. The average molecular weight is 377 g/mol. The number of rotatable bonds is 4. The molecule has 0 unspecified atom stereocenters. The number of hydrogen-bond donors (Lipinski definition) is 2. The molecule has 0 atom stereocenters. The van der Waals surface area contributed by atoms with Crippen LogP contribution in [-0.2, 0) is 17.8 Å². The molecule has 0 radical (unpaired) electrons. The average Bonchev–Trinajstić information content (AvgIpc) is 2.79. The molecule has 1 aliphatic heterocycles. The predicted octanol–water partition coefficient (Wildman–Crippen LogP) is 2.67. The number of hydrogen-bond acceptors (Lipinski definition) is 4. The van der Waals surface area contributed by atoms with E-state index in [-0.39, 0.29) is 24.4 Å². The van der Waals surface area contributed by atoms with E-state index >= 15 is 0 Å². The Bertz CT molecular complexity index is 892. The number of carbonyl (C=O) groups excluding carboxylic acids is 1. The molecule has 7 heteroatoms. The number of aromatic amines is 1. The number of benzene rings is 1. The van der Waals surface area contributed by atoms with Crippen LogP contribution in [0.4, 0.5) is 0 Å². The molecule has 0 saturated heterocycles. The van der Waals surface area contributed by atoms with Gasteiger partial charge in [-0.05, 0) is 43.2 Å². The first-order valence-electron chi connectivity index (χ1n) is 8.48. The fraction of sp³-hybridized carbons (Fsp3) is 0.368. The quantitative estimate of drug-likeness (QED) is 0.859. The zero-order valence-corrected chi connectivity index (χ0v) is 15.5. The largest absolute Gasteiger partial charge is 0.489 e. The highest BCUT2D eigenvalue weighted by Crippen LogP contribution is 2.38. The Kier molecular flexibility index (Phi) is 5.52. The Hall–Kier alpha value is -2.47. The molecule has 6 nitrogen and oxygen atoms in total. The van der Waals surface area contributed by atoms with Crippen LogP contribution >= 0.6 is 11.6 Å². The van der Waals surface area contributed by atoms with Gasteiger partial charge in [0, 0.05) is 24.2 Å². The van der Waals surface area contributed by atoms with Gasteiger partial charge < -0.3 is 19.8 Å². The van der Waals surface area contributed by atoms with Gasteiger partial charge in [-0.15, -0.1) is 0 Å². The summed E-state index contributed by atoms with van der Waals surface area (Å²) >= 11 is 6.25. The van der Waals surface area contributed by atoms with Gasteiger partial charge in [-0.2, -0.15) is 0 Å². The van der Waals surface area contributed by atoms with Crippen LogP contribution in [0.1, 0.15) is 28.8 Å². The summed E-state index contributed by atoms with van der Waals surface area (Å²) in [5.74, 6) is 0.883. The Balaban J connectivity index is 1.68. The van der Waals surface area contributed by atoms with E-state index in [0.717, 1.165) is 23.2 Å². The van der Waals surface area contributed by atoms with E-state index < -0.39 is 0 Å². The minimum Gasteiger partial charge on any atom is -0.489 e. The second-order valence-electron chi connectivity index (χ2n) is 6.35. The number of ether oxygens (including phenoxy) is 2. The van der Waals surface area contributed by atoms with Crippen molar-refractivity contribution in [3.8, 4) is 11.5 Å². The zero-order chi connectivity index (χ0) is 18.7. The second kappa shape index (κ2) is 7.83. The third-order valence-corrected chi connectivity index (χ3v) is 4.46. The minimum absolute atomic E-state index is 0.138. The first-order chi connectivity index (χ1) is 12.4. The fourth-order valence-corrected chi connectivity index (χ4v) is 3.21. The van der Waals surface area contributed by atoms with Crippen molar-refractivity contribution in [2.24, 2.45) is 0 Å². The molecule has 138 valence electrons. The van der Waals surface area contributed by atoms with Crippen molar-refractivity contribution < 1.29 is 14.3 Å². The van der Waals surface area contributed by atoms with Crippen molar-refractivity contribution in [2.75, 3.05) is 13.2 Å². The molecule has 1 aromatic heterocycles. The second-order valence-corrected chi connectivity index (χ2v) is 6.76. The maximum absolute atomic E-state index is 12.3. The Morgan fingerprint density at radius 1 is 1.23 bits per heavy atom. The van der Waals surface area contributed by atoms with Gasteiger partial charge in [0.1, 0.15) is 0 Å². The molecule has 0 bridgehead atoms. The van der Waals surface area contributed by atoms with Gasteiger partial charge in [-0.3, -0.25) is 9.59 Å². The van der Waals surface area contributed by atoms with Gasteiger partial charge in [-0.1, -0.05) is 11.6 Å². The lowest BCUT2D eigenvalue weighted by molar-refractivity contribution is -0.120. The van der Waals surface area contributed by atoms with E-state index in [4.69, 9.17) is 21.1 Å². The summed E-state index contributed by atoms with van der Waals surface area (Å²) in [7, 11) is 0. The number of H-pyrrole nitrogens is 1. The molecule has 1 amide bonds. The smallest absolute Gasteiger partial charge is 0.253 e. The Morgan fingerprint density at radius 3 is 2.77 bits per heavy atom.